The molecule has 1 aliphatic carbocycles. The van der Waals surface area contributed by atoms with Crippen LogP contribution in [0.25, 0.3) is 0 Å². The van der Waals surface area contributed by atoms with Crippen molar-refractivity contribution in [1.29, 1.82) is 0 Å². The predicted molar refractivity (Wildman–Crippen MR) is 59.5 cm³/mol. The summed E-state index contributed by atoms with van der Waals surface area (Å²) in [6.45, 7) is 5.46. The number of hydrogen-bond acceptors (Lipinski definition) is 3. The first kappa shape index (κ1) is 12.7. The van der Waals surface area contributed by atoms with Crippen molar-refractivity contribution in [3.05, 3.63) is 11.6 Å². The molecule has 3 heteroatoms. The van der Waals surface area contributed by atoms with Gasteiger partial charge in [-0.25, -0.2) is 0 Å². The van der Waals surface area contributed by atoms with Crippen LogP contribution in [-0.2, 0) is 9.47 Å². The van der Waals surface area contributed by atoms with E-state index in [-0.39, 0.29) is 12.9 Å². The van der Waals surface area contributed by atoms with E-state index < -0.39 is 0 Å². The molecule has 1 atom stereocenters. The van der Waals surface area contributed by atoms with Crippen LogP contribution in [0.3, 0.4) is 0 Å². The molecule has 0 bridgehead atoms. The van der Waals surface area contributed by atoms with E-state index in [9.17, 15) is 0 Å². The van der Waals surface area contributed by atoms with Gasteiger partial charge in [-0.15, -0.1) is 0 Å². The Balaban J connectivity index is 2.57. The first-order valence-corrected chi connectivity index (χ1v) is 5.85. The van der Waals surface area contributed by atoms with Crippen LogP contribution >= 0.6 is 0 Å². The third-order valence-electron chi connectivity index (χ3n) is 2.70. The van der Waals surface area contributed by atoms with Crippen LogP contribution in [0.2, 0.25) is 0 Å². The minimum absolute atomic E-state index is 0.137. The number of aliphatic hydroxyl groups is 1. The molecule has 0 amide bonds. The minimum Gasteiger partial charge on any atom is -0.392 e. The number of hydrogen-bond donors (Lipinski definition) is 1. The van der Waals surface area contributed by atoms with Crippen LogP contribution in [0.1, 0.15) is 33.1 Å². The van der Waals surface area contributed by atoms with E-state index in [1.165, 1.54) is 0 Å². The number of ether oxygens (including phenoxy) is 2. The Hall–Kier alpha value is -0.380. The van der Waals surface area contributed by atoms with E-state index in [1.54, 1.807) is 0 Å². The Bertz CT molecular complexity index is 195. The SMILES string of the molecule is CCOC(OCC)C1C=C(CO)CCC1. The summed E-state index contributed by atoms with van der Waals surface area (Å²) in [6, 6.07) is 0. The molecule has 0 heterocycles. The van der Waals surface area contributed by atoms with Gasteiger partial charge in [-0.3, -0.25) is 0 Å². The van der Waals surface area contributed by atoms with Crippen LogP contribution < -0.4 is 0 Å². The van der Waals surface area contributed by atoms with Crippen molar-refractivity contribution >= 4 is 0 Å². The number of rotatable bonds is 6. The van der Waals surface area contributed by atoms with Gasteiger partial charge in [0.15, 0.2) is 6.29 Å². The standard InChI is InChI=1S/C12H22O3/c1-3-14-12(15-4-2)11-7-5-6-10(8-11)9-13/h8,11-13H,3-7,9H2,1-2H3. The summed E-state index contributed by atoms with van der Waals surface area (Å²) in [5, 5.41) is 9.10. The first-order chi connectivity index (χ1) is 7.31. The van der Waals surface area contributed by atoms with Crippen molar-refractivity contribution < 1.29 is 14.6 Å². The highest BCUT2D eigenvalue weighted by atomic mass is 16.7. The molecule has 1 rings (SSSR count). The molecule has 0 radical (unpaired) electrons. The lowest BCUT2D eigenvalue weighted by Crippen LogP contribution is -2.28. The fourth-order valence-corrected chi connectivity index (χ4v) is 2.00. The van der Waals surface area contributed by atoms with Crippen LogP contribution in [0.15, 0.2) is 11.6 Å². The third kappa shape index (κ3) is 3.93. The maximum Gasteiger partial charge on any atom is 0.163 e. The highest BCUT2D eigenvalue weighted by Crippen LogP contribution is 2.27. The molecule has 0 aromatic heterocycles. The van der Waals surface area contributed by atoms with Crippen molar-refractivity contribution in [2.45, 2.75) is 39.4 Å². The Labute approximate surface area is 92.1 Å². The van der Waals surface area contributed by atoms with Crippen molar-refractivity contribution in [3.8, 4) is 0 Å². The molecule has 0 aromatic carbocycles. The molecule has 15 heavy (non-hydrogen) atoms. The summed E-state index contributed by atoms with van der Waals surface area (Å²) >= 11 is 0. The summed E-state index contributed by atoms with van der Waals surface area (Å²) in [5.41, 5.74) is 1.12. The zero-order chi connectivity index (χ0) is 11.1. The second kappa shape index (κ2) is 6.99. The quantitative estimate of drug-likeness (QED) is 0.543. The van der Waals surface area contributed by atoms with E-state index in [4.69, 9.17) is 14.6 Å². The Kier molecular flexibility index (Phi) is 5.91. The Morgan fingerprint density at radius 2 is 2.07 bits per heavy atom. The molecule has 88 valence electrons. The van der Waals surface area contributed by atoms with Crippen molar-refractivity contribution in [2.24, 2.45) is 5.92 Å². The fourth-order valence-electron chi connectivity index (χ4n) is 2.00. The molecule has 0 aliphatic heterocycles. The minimum atomic E-state index is -0.137. The van der Waals surface area contributed by atoms with Crippen LogP contribution in [0.4, 0.5) is 0 Å². The summed E-state index contributed by atoms with van der Waals surface area (Å²) in [5.74, 6) is 0.306. The second-order valence-electron chi connectivity index (χ2n) is 3.82. The van der Waals surface area contributed by atoms with Crippen LogP contribution in [-0.4, -0.2) is 31.2 Å². The van der Waals surface area contributed by atoms with Crippen molar-refractivity contribution in [3.63, 3.8) is 0 Å². The van der Waals surface area contributed by atoms with Gasteiger partial charge >= 0.3 is 0 Å². The predicted octanol–water partition coefficient (Wildman–Crippen LogP) is 2.10. The molecule has 3 nitrogen and oxygen atoms in total. The smallest absolute Gasteiger partial charge is 0.163 e. The van der Waals surface area contributed by atoms with Gasteiger partial charge in [0.05, 0.1) is 6.61 Å². The molecule has 0 saturated heterocycles. The number of aliphatic hydroxyl groups excluding tert-OH is 1. The van der Waals surface area contributed by atoms with Crippen molar-refractivity contribution in [1.82, 2.24) is 0 Å². The average molecular weight is 214 g/mol. The lowest BCUT2D eigenvalue weighted by atomic mass is 9.90. The third-order valence-corrected chi connectivity index (χ3v) is 2.70. The zero-order valence-corrected chi connectivity index (χ0v) is 9.74. The Morgan fingerprint density at radius 1 is 1.40 bits per heavy atom. The van der Waals surface area contributed by atoms with E-state index >= 15 is 0 Å². The maximum atomic E-state index is 9.10. The van der Waals surface area contributed by atoms with Gasteiger partial charge in [-0.2, -0.15) is 0 Å². The largest absolute Gasteiger partial charge is 0.392 e. The Morgan fingerprint density at radius 3 is 2.60 bits per heavy atom. The monoisotopic (exact) mass is 214 g/mol. The van der Waals surface area contributed by atoms with Gasteiger partial charge in [-0.1, -0.05) is 6.08 Å². The summed E-state index contributed by atoms with van der Waals surface area (Å²) in [6.07, 6.45) is 5.21. The fraction of sp³-hybridized carbons (Fsp3) is 0.833. The molecule has 1 N–H and O–H groups in total. The highest BCUT2D eigenvalue weighted by molar-refractivity contribution is 5.08. The highest BCUT2D eigenvalue weighted by Gasteiger charge is 2.23. The van der Waals surface area contributed by atoms with Crippen LogP contribution in [0.5, 0.6) is 0 Å². The molecule has 1 aliphatic rings. The van der Waals surface area contributed by atoms with Gasteiger partial charge < -0.3 is 14.6 Å². The normalized spacial score (nSPS) is 21.9. The summed E-state index contributed by atoms with van der Waals surface area (Å²) in [4.78, 5) is 0. The molecule has 1 unspecified atom stereocenters. The lowest BCUT2D eigenvalue weighted by molar-refractivity contribution is -0.159. The van der Waals surface area contributed by atoms with E-state index in [2.05, 4.69) is 6.08 Å². The molecule has 0 fully saturated rings. The van der Waals surface area contributed by atoms with Gasteiger partial charge in [-0.05, 0) is 38.7 Å². The average Bonchev–Trinajstić information content (AvgIpc) is 2.29. The van der Waals surface area contributed by atoms with E-state index in [0.717, 1.165) is 24.8 Å². The van der Waals surface area contributed by atoms with Gasteiger partial charge in [0.1, 0.15) is 0 Å². The van der Waals surface area contributed by atoms with Crippen molar-refractivity contribution in [2.75, 3.05) is 19.8 Å². The van der Waals surface area contributed by atoms with E-state index in [1.807, 2.05) is 13.8 Å². The second-order valence-corrected chi connectivity index (χ2v) is 3.82. The van der Waals surface area contributed by atoms with E-state index in [0.29, 0.717) is 19.1 Å². The summed E-state index contributed by atoms with van der Waals surface area (Å²) in [7, 11) is 0. The van der Waals surface area contributed by atoms with Gasteiger partial charge in [0.25, 0.3) is 0 Å². The molecule has 0 saturated carbocycles. The summed E-state index contributed by atoms with van der Waals surface area (Å²) < 4.78 is 11.1. The first-order valence-electron chi connectivity index (χ1n) is 5.85. The van der Waals surface area contributed by atoms with Gasteiger partial charge in [0.2, 0.25) is 0 Å². The zero-order valence-electron chi connectivity index (χ0n) is 9.74. The van der Waals surface area contributed by atoms with Gasteiger partial charge in [0, 0.05) is 19.1 Å². The molecular weight excluding hydrogens is 192 g/mol. The molecule has 0 aromatic rings. The molecule has 0 spiro atoms. The topological polar surface area (TPSA) is 38.7 Å². The van der Waals surface area contributed by atoms with Crippen LogP contribution in [0, 0.1) is 5.92 Å². The lowest BCUT2D eigenvalue weighted by Gasteiger charge is -2.28. The maximum absolute atomic E-state index is 9.10. The molecular formula is C12H22O3.